The predicted molar refractivity (Wildman–Crippen MR) is 67.5 cm³/mol. The van der Waals surface area contributed by atoms with Crippen LogP contribution in [-0.2, 0) is 9.84 Å². The fourth-order valence-corrected chi connectivity index (χ4v) is 3.62. The first-order valence-electron chi connectivity index (χ1n) is 5.41. The van der Waals surface area contributed by atoms with Crippen molar-refractivity contribution in [2.75, 3.05) is 28.4 Å². The summed E-state index contributed by atoms with van der Waals surface area (Å²) >= 11 is 0. The Morgan fingerprint density at radius 1 is 1.59 bits per heavy atom. The molecule has 1 aliphatic rings. The molecule has 0 aliphatic carbocycles. The van der Waals surface area contributed by atoms with Gasteiger partial charge in [0.05, 0.1) is 11.5 Å². The lowest BCUT2D eigenvalue weighted by Crippen LogP contribution is -2.47. The first kappa shape index (κ1) is 12.1. The maximum absolute atomic E-state index is 11.5. The van der Waals surface area contributed by atoms with Gasteiger partial charge in [-0.3, -0.25) is 0 Å². The molecule has 1 atom stereocenters. The summed E-state index contributed by atoms with van der Waals surface area (Å²) in [6.45, 7) is 2.42. The average molecular weight is 256 g/mol. The lowest BCUT2D eigenvalue weighted by Gasteiger charge is -2.35. The SMILES string of the molecule is CC1CS(=O)(=O)CCN1c1ccnc(NN)c1. The van der Waals surface area contributed by atoms with Crippen molar-refractivity contribution < 1.29 is 8.42 Å². The molecular weight excluding hydrogens is 240 g/mol. The molecule has 1 unspecified atom stereocenters. The fourth-order valence-electron chi connectivity index (χ4n) is 2.06. The maximum Gasteiger partial charge on any atom is 0.154 e. The van der Waals surface area contributed by atoms with E-state index in [9.17, 15) is 8.42 Å². The van der Waals surface area contributed by atoms with Crippen LogP contribution in [0.5, 0.6) is 0 Å². The van der Waals surface area contributed by atoms with E-state index in [0.717, 1.165) is 5.69 Å². The topological polar surface area (TPSA) is 88.3 Å². The van der Waals surface area contributed by atoms with Crippen LogP contribution >= 0.6 is 0 Å². The monoisotopic (exact) mass is 256 g/mol. The molecule has 6 nitrogen and oxygen atoms in total. The lowest BCUT2D eigenvalue weighted by molar-refractivity contribution is 0.568. The van der Waals surface area contributed by atoms with Gasteiger partial charge in [-0.15, -0.1) is 0 Å². The van der Waals surface area contributed by atoms with Gasteiger partial charge in [-0.25, -0.2) is 19.2 Å². The van der Waals surface area contributed by atoms with E-state index < -0.39 is 9.84 Å². The predicted octanol–water partition coefficient (Wildman–Crippen LogP) is -0.00950. The number of anilines is 2. The molecule has 0 saturated carbocycles. The summed E-state index contributed by atoms with van der Waals surface area (Å²) in [5.74, 6) is 6.27. The highest BCUT2D eigenvalue weighted by molar-refractivity contribution is 7.91. The summed E-state index contributed by atoms with van der Waals surface area (Å²) < 4.78 is 23.0. The lowest BCUT2D eigenvalue weighted by atomic mass is 10.2. The third-order valence-corrected chi connectivity index (χ3v) is 4.69. The maximum atomic E-state index is 11.5. The normalized spacial score (nSPS) is 23.4. The zero-order valence-corrected chi connectivity index (χ0v) is 10.4. The number of aromatic nitrogens is 1. The Morgan fingerprint density at radius 3 is 3.00 bits per heavy atom. The number of nitrogens with one attached hydrogen (secondary N) is 1. The molecule has 0 bridgehead atoms. The summed E-state index contributed by atoms with van der Waals surface area (Å²) in [5, 5.41) is 0. The first-order chi connectivity index (χ1) is 8.02. The second-order valence-corrected chi connectivity index (χ2v) is 6.43. The number of pyridine rings is 1. The largest absolute Gasteiger partial charge is 0.367 e. The van der Waals surface area contributed by atoms with Crippen molar-refractivity contribution in [3.63, 3.8) is 0 Å². The Bertz CT molecular complexity index is 503. The summed E-state index contributed by atoms with van der Waals surface area (Å²) in [4.78, 5) is 6.08. The van der Waals surface area contributed by atoms with Crippen LogP contribution in [-0.4, -0.2) is 37.5 Å². The molecule has 1 aromatic rings. The Hall–Kier alpha value is -1.34. The molecule has 2 rings (SSSR count). The van der Waals surface area contributed by atoms with Gasteiger partial charge in [0.1, 0.15) is 5.82 Å². The molecular formula is C10H16N4O2S. The van der Waals surface area contributed by atoms with Gasteiger partial charge in [0, 0.05) is 30.5 Å². The number of hydrogen-bond donors (Lipinski definition) is 2. The van der Waals surface area contributed by atoms with Crippen molar-refractivity contribution in [3.05, 3.63) is 18.3 Å². The van der Waals surface area contributed by atoms with Crippen LogP contribution < -0.4 is 16.2 Å². The van der Waals surface area contributed by atoms with Gasteiger partial charge in [-0.1, -0.05) is 0 Å². The van der Waals surface area contributed by atoms with Crippen molar-refractivity contribution in [2.45, 2.75) is 13.0 Å². The molecule has 94 valence electrons. The minimum atomic E-state index is -2.89. The number of nitrogens with zero attached hydrogens (tertiary/aromatic N) is 2. The summed E-state index contributed by atoms with van der Waals surface area (Å²) in [7, 11) is -2.89. The molecule has 3 N–H and O–H groups in total. The molecule has 0 aromatic carbocycles. The van der Waals surface area contributed by atoms with Gasteiger partial charge in [0.25, 0.3) is 0 Å². The van der Waals surface area contributed by atoms with Crippen molar-refractivity contribution in [1.82, 2.24) is 4.98 Å². The van der Waals surface area contributed by atoms with E-state index in [2.05, 4.69) is 15.3 Å². The van der Waals surface area contributed by atoms with Gasteiger partial charge < -0.3 is 10.3 Å². The van der Waals surface area contributed by atoms with E-state index in [-0.39, 0.29) is 17.5 Å². The molecule has 0 spiro atoms. The minimum Gasteiger partial charge on any atom is -0.367 e. The average Bonchev–Trinajstić information content (AvgIpc) is 2.28. The van der Waals surface area contributed by atoms with Gasteiger partial charge in [0.15, 0.2) is 9.84 Å². The summed E-state index contributed by atoms with van der Waals surface area (Å²) in [5.41, 5.74) is 3.42. The van der Waals surface area contributed by atoms with Crippen molar-refractivity contribution in [1.29, 1.82) is 0 Å². The number of rotatable bonds is 2. The quantitative estimate of drug-likeness (QED) is 0.571. The second-order valence-electron chi connectivity index (χ2n) is 4.20. The smallest absolute Gasteiger partial charge is 0.154 e. The molecule has 1 aliphatic heterocycles. The van der Waals surface area contributed by atoms with Gasteiger partial charge >= 0.3 is 0 Å². The van der Waals surface area contributed by atoms with E-state index in [1.54, 1.807) is 6.20 Å². The highest BCUT2D eigenvalue weighted by Crippen LogP contribution is 2.22. The molecule has 1 aromatic heterocycles. The standard InChI is InChI=1S/C10H16N4O2S/c1-8-7-17(15,16)5-4-14(8)9-2-3-12-10(6-9)13-11/h2-3,6,8H,4-5,7,11H2,1H3,(H,12,13). The Kier molecular flexibility index (Phi) is 3.21. The molecule has 0 radical (unpaired) electrons. The van der Waals surface area contributed by atoms with Gasteiger partial charge in [-0.05, 0) is 13.0 Å². The zero-order valence-electron chi connectivity index (χ0n) is 9.63. The van der Waals surface area contributed by atoms with Crippen LogP contribution in [0.1, 0.15) is 6.92 Å². The Morgan fingerprint density at radius 2 is 2.35 bits per heavy atom. The number of sulfone groups is 1. The summed E-state index contributed by atoms with van der Waals surface area (Å²) in [6.07, 6.45) is 1.65. The van der Waals surface area contributed by atoms with Gasteiger partial charge in [0.2, 0.25) is 0 Å². The van der Waals surface area contributed by atoms with E-state index in [1.165, 1.54) is 0 Å². The first-order valence-corrected chi connectivity index (χ1v) is 7.24. The summed E-state index contributed by atoms with van der Waals surface area (Å²) in [6, 6.07) is 3.64. The molecule has 7 heteroatoms. The van der Waals surface area contributed by atoms with E-state index >= 15 is 0 Å². The molecule has 1 fully saturated rings. The Balaban J connectivity index is 2.23. The molecule has 17 heavy (non-hydrogen) atoms. The number of nitrogens with two attached hydrogens (primary N) is 1. The van der Waals surface area contributed by atoms with Crippen LogP contribution in [0.3, 0.4) is 0 Å². The minimum absolute atomic E-state index is 0.0261. The van der Waals surface area contributed by atoms with Crippen LogP contribution in [0.15, 0.2) is 18.3 Å². The second kappa shape index (κ2) is 4.50. The Labute approximate surface area is 101 Å². The van der Waals surface area contributed by atoms with Crippen LogP contribution in [0.25, 0.3) is 0 Å². The van der Waals surface area contributed by atoms with E-state index in [4.69, 9.17) is 5.84 Å². The van der Waals surface area contributed by atoms with E-state index in [1.807, 2.05) is 19.1 Å². The third kappa shape index (κ3) is 2.67. The number of hydrazine groups is 1. The van der Waals surface area contributed by atoms with Crippen LogP contribution in [0.2, 0.25) is 0 Å². The van der Waals surface area contributed by atoms with Crippen LogP contribution in [0, 0.1) is 0 Å². The third-order valence-electron chi connectivity index (χ3n) is 2.89. The van der Waals surface area contributed by atoms with Crippen LogP contribution in [0.4, 0.5) is 11.5 Å². The zero-order chi connectivity index (χ0) is 12.5. The number of hydrogen-bond acceptors (Lipinski definition) is 6. The number of nitrogen functional groups attached to an aromatic ring is 1. The molecule has 1 saturated heterocycles. The highest BCUT2D eigenvalue weighted by Gasteiger charge is 2.28. The van der Waals surface area contributed by atoms with Crippen molar-refractivity contribution in [2.24, 2.45) is 5.84 Å². The molecule has 2 heterocycles. The highest BCUT2D eigenvalue weighted by atomic mass is 32.2. The van der Waals surface area contributed by atoms with Crippen molar-refractivity contribution >= 4 is 21.3 Å². The fraction of sp³-hybridized carbons (Fsp3) is 0.500. The van der Waals surface area contributed by atoms with Crippen molar-refractivity contribution in [3.8, 4) is 0 Å². The van der Waals surface area contributed by atoms with Gasteiger partial charge in [-0.2, -0.15) is 0 Å². The molecule has 0 amide bonds. The van der Waals surface area contributed by atoms with E-state index in [0.29, 0.717) is 12.4 Å².